The van der Waals surface area contributed by atoms with E-state index < -0.39 is 22.2 Å². The highest BCUT2D eigenvalue weighted by Crippen LogP contribution is 2.29. The zero-order valence-electron chi connectivity index (χ0n) is 17.7. The number of hydrogen-bond donors (Lipinski definition) is 2. The summed E-state index contributed by atoms with van der Waals surface area (Å²) in [6, 6.07) is 11.0. The molecule has 0 aliphatic carbocycles. The molecule has 8 nitrogen and oxygen atoms in total. The zero-order valence-corrected chi connectivity index (χ0v) is 18.5. The van der Waals surface area contributed by atoms with Crippen LogP contribution in [-0.2, 0) is 21.4 Å². The second-order valence-electron chi connectivity index (χ2n) is 7.14. The summed E-state index contributed by atoms with van der Waals surface area (Å²) >= 11 is 0. The summed E-state index contributed by atoms with van der Waals surface area (Å²) in [5, 5.41) is 12.5. The molecule has 0 saturated heterocycles. The molecule has 3 aromatic rings. The number of hydrogen-bond acceptors (Lipinski definition) is 6. The Bertz CT molecular complexity index is 1220. The molecular weight excluding hydrogens is 451 g/mol. The van der Waals surface area contributed by atoms with Gasteiger partial charge < -0.3 is 14.5 Å². The molecule has 0 atom stereocenters. The number of fused-ring (bicyclic) bond motifs is 1. The van der Waals surface area contributed by atoms with Crippen molar-refractivity contribution in [2.45, 2.75) is 31.5 Å². The molecule has 0 fully saturated rings. The highest BCUT2D eigenvalue weighted by molar-refractivity contribution is 7.93. The first-order chi connectivity index (χ1) is 14.7. The van der Waals surface area contributed by atoms with E-state index in [0.29, 0.717) is 16.6 Å². The second-order valence-corrected chi connectivity index (χ2v) is 8.79. The Balaban J connectivity index is 0.000000451. The van der Waals surface area contributed by atoms with Gasteiger partial charge in [-0.15, -0.1) is 0 Å². The molecule has 174 valence electrons. The maximum atomic E-state index is 12.9. The van der Waals surface area contributed by atoms with E-state index in [-0.39, 0.29) is 10.8 Å². The minimum Gasteiger partial charge on any atom is -0.475 e. The topological polar surface area (TPSA) is 113 Å². The van der Waals surface area contributed by atoms with E-state index >= 15 is 0 Å². The van der Waals surface area contributed by atoms with Gasteiger partial charge in [-0.1, -0.05) is 35.5 Å². The molecule has 1 aromatic heterocycles. The minimum absolute atomic E-state index is 0.152. The summed E-state index contributed by atoms with van der Waals surface area (Å²) in [5.74, 6) is -2.61. The fraction of sp³-hybridized carbons (Fsp3) is 0.300. The van der Waals surface area contributed by atoms with Crippen LogP contribution in [0.4, 0.5) is 19.1 Å². The maximum Gasteiger partial charge on any atom is 0.490 e. The molecule has 0 saturated carbocycles. The Morgan fingerprint density at radius 2 is 1.69 bits per heavy atom. The van der Waals surface area contributed by atoms with Crippen LogP contribution in [0, 0.1) is 13.8 Å². The zero-order chi connectivity index (χ0) is 24.3. The van der Waals surface area contributed by atoms with E-state index in [0.717, 1.165) is 17.5 Å². The van der Waals surface area contributed by atoms with E-state index in [1.807, 2.05) is 38.4 Å². The molecule has 0 amide bonds. The average Bonchev–Trinajstić information content (AvgIpc) is 2.99. The van der Waals surface area contributed by atoms with E-state index in [4.69, 9.17) is 14.4 Å². The molecule has 0 aliphatic heterocycles. The Morgan fingerprint density at radius 3 is 2.19 bits per heavy atom. The number of nitrogens with one attached hydrogen (secondary N) is 1. The van der Waals surface area contributed by atoms with E-state index in [9.17, 15) is 21.6 Å². The minimum atomic E-state index is -5.08. The van der Waals surface area contributed by atoms with Crippen LogP contribution in [0.3, 0.4) is 0 Å². The van der Waals surface area contributed by atoms with Crippen molar-refractivity contribution < 1.29 is 36.0 Å². The molecule has 2 aromatic carbocycles. The molecule has 0 radical (unpaired) electrons. The number of sulfonamides is 1. The van der Waals surface area contributed by atoms with Gasteiger partial charge in [0.15, 0.2) is 0 Å². The third-order valence-electron chi connectivity index (χ3n) is 4.38. The average molecular weight is 473 g/mol. The SMILES string of the molecule is Cc1noc(NS(=O)(=O)c2cccc3c(CN(C)C)cccc23)c1C.O=C(O)C(F)(F)F. The van der Waals surface area contributed by atoms with Gasteiger partial charge in [0.2, 0.25) is 5.88 Å². The number of benzene rings is 2. The number of aryl methyl sites for hydroxylation is 1. The van der Waals surface area contributed by atoms with Gasteiger partial charge in [-0.05, 0) is 45.0 Å². The van der Waals surface area contributed by atoms with Crippen molar-refractivity contribution in [3.63, 3.8) is 0 Å². The summed E-state index contributed by atoms with van der Waals surface area (Å²) < 4.78 is 65.1. The van der Waals surface area contributed by atoms with Gasteiger partial charge in [0.1, 0.15) is 0 Å². The van der Waals surface area contributed by atoms with E-state index in [1.54, 1.807) is 26.0 Å². The fourth-order valence-electron chi connectivity index (χ4n) is 2.75. The lowest BCUT2D eigenvalue weighted by Gasteiger charge is -2.14. The lowest BCUT2D eigenvalue weighted by molar-refractivity contribution is -0.192. The fourth-order valence-corrected chi connectivity index (χ4v) is 4.02. The van der Waals surface area contributed by atoms with Gasteiger partial charge in [0, 0.05) is 17.5 Å². The molecule has 0 spiro atoms. The summed E-state index contributed by atoms with van der Waals surface area (Å²) in [5.41, 5.74) is 2.41. The van der Waals surface area contributed by atoms with Gasteiger partial charge in [0.25, 0.3) is 10.0 Å². The van der Waals surface area contributed by atoms with Crippen LogP contribution in [-0.4, -0.2) is 49.8 Å². The highest BCUT2D eigenvalue weighted by atomic mass is 32.2. The Hall–Kier alpha value is -3.12. The number of rotatable bonds is 5. The van der Waals surface area contributed by atoms with Crippen LogP contribution >= 0.6 is 0 Å². The second kappa shape index (κ2) is 9.57. The van der Waals surface area contributed by atoms with E-state index in [1.165, 1.54) is 0 Å². The molecule has 0 aliphatic rings. The number of carboxylic acid groups (broad SMARTS) is 1. The lowest BCUT2D eigenvalue weighted by atomic mass is 10.0. The first kappa shape index (κ1) is 25.1. The summed E-state index contributed by atoms with van der Waals surface area (Å²) in [6.07, 6.45) is -5.08. The smallest absolute Gasteiger partial charge is 0.475 e. The van der Waals surface area contributed by atoms with Crippen LogP contribution in [0.1, 0.15) is 16.8 Å². The number of nitrogens with zero attached hydrogens (tertiary/aromatic N) is 2. The van der Waals surface area contributed by atoms with Crippen LogP contribution in [0.15, 0.2) is 45.8 Å². The van der Waals surface area contributed by atoms with E-state index in [2.05, 4.69) is 14.8 Å². The Kier molecular flexibility index (Phi) is 7.52. The normalized spacial score (nSPS) is 11.9. The van der Waals surface area contributed by atoms with Crippen molar-refractivity contribution in [3.8, 4) is 0 Å². The van der Waals surface area contributed by atoms with Crippen molar-refractivity contribution in [3.05, 3.63) is 53.2 Å². The van der Waals surface area contributed by atoms with Gasteiger partial charge in [0.05, 0.1) is 10.6 Å². The molecular formula is C20H22F3N3O5S. The number of aliphatic carboxylic acids is 1. The highest BCUT2D eigenvalue weighted by Gasteiger charge is 2.38. The summed E-state index contributed by atoms with van der Waals surface area (Å²) in [4.78, 5) is 11.2. The number of alkyl halides is 3. The molecule has 32 heavy (non-hydrogen) atoms. The van der Waals surface area contributed by atoms with Crippen molar-refractivity contribution in [1.29, 1.82) is 0 Å². The number of carboxylic acids is 1. The predicted octanol–water partition coefficient (Wildman–Crippen LogP) is 3.94. The predicted molar refractivity (Wildman–Crippen MR) is 112 cm³/mol. The third kappa shape index (κ3) is 5.98. The molecule has 1 heterocycles. The van der Waals surface area contributed by atoms with Crippen LogP contribution < -0.4 is 4.72 Å². The Labute approximate surface area is 182 Å². The number of halogens is 3. The largest absolute Gasteiger partial charge is 0.490 e. The number of aromatic nitrogens is 1. The van der Waals surface area contributed by atoms with Crippen LogP contribution in [0.25, 0.3) is 10.8 Å². The van der Waals surface area contributed by atoms with Crippen LogP contribution in [0.2, 0.25) is 0 Å². The Morgan fingerprint density at radius 1 is 1.12 bits per heavy atom. The van der Waals surface area contributed by atoms with Gasteiger partial charge >= 0.3 is 12.1 Å². The number of anilines is 1. The first-order valence-electron chi connectivity index (χ1n) is 9.15. The quantitative estimate of drug-likeness (QED) is 0.577. The molecule has 0 unspecified atom stereocenters. The molecule has 0 bridgehead atoms. The lowest BCUT2D eigenvalue weighted by Crippen LogP contribution is -2.21. The first-order valence-corrected chi connectivity index (χ1v) is 10.6. The van der Waals surface area contributed by atoms with Crippen molar-refractivity contribution in [1.82, 2.24) is 10.1 Å². The third-order valence-corrected chi connectivity index (χ3v) is 5.76. The molecule has 3 rings (SSSR count). The molecule has 12 heteroatoms. The van der Waals surface area contributed by atoms with Crippen molar-refractivity contribution in [2.24, 2.45) is 0 Å². The van der Waals surface area contributed by atoms with Gasteiger partial charge in [-0.2, -0.15) is 13.2 Å². The van der Waals surface area contributed by atoms with Crippen molar-refractivity contribution >= 4 is 32.6 Å². The van der Waals surface area contributed by atoms with Gasteiger partial charge in [-0.3, -0.25) is 0 Å². The van der Waals surface area contributed by atoms with Gasteiger partial charge in [-0.25, -0.2) is 17.9 Å². The molecule has 2 N–H and O–H groups in total. The monoisotopic (exact) mass is 473 g/mol. The van der Waals surface area contributed by atoms with Crippen molar-refractivity contribution in [2.75, 3.05) is 18.8 Å². The maximum absolute atomic E-state index is 12.9. The summed E-state index contributed by atoms with van der Waals surface area (Å²) in [6.45, 7) is 4.26. The standard InChI is InChI=1S/C18H21N3O3S.C2HF3O2/c1-12-13(2)19-24-18(12)20-25(22,23)17-10-6-8-15-14(11-21(3)4)7-5-9-16(15)17;3-2(4,5)1(6)7/h5-10,20H,11H2,1-4H3;(H,6,7). The number of carbonyl (C=O) groups is 1. The summed E-state index contributed by atoms with van der Waals surface area (Å²) in [7, 11) is 0.173. The van der Waals surface area contributed by atoms with Crippen LogP contribution in [0.5, 0.6) is 0 Å².